The van der Waals surface area contributed by atoms with Crippen LogP contribution in [0.25, 0.3) is 11.1 Å². The highest BCUT2D eigenvalue weighted by atomic mass is 35.5. The third-order valence-electron chi connectivity index (χ3n) is 1.77. The van der Waals surface area contributed by atoms with Gasteiger partial charge < -0.3 is 4.42 Å². The summed E-state index contributed by atoms with van der Waals surface area (Å²) in [6.45, 7) is 1.62. The van der Waals surface area contributed by atoms with Gasteiger partial charge in [-0.25, -0.2) is 4.98 Å². The summed E-state index contributed by atoms with van der Waals surface area (Å²) in [5, 5.41) is 10.7. The van der Waals surface area contributed by atoms with E-state index in [4.69, 9.17) is 16.0 Å². The smallest absolute Gasteiger partial charge is 0.332 e. The number of nitro groups is 1. The lowest BCUT2D eigenvalue weighted by atomic mass is 10.3. The molecule has 0 radical (unpaired) electrons. The number of hydrogen-bond donors (Lipinski definition) is 0. The van der Waals surface area contributed by atoms with Crippen LogP contribution in [-0.4, -0.2) is 9.91 Å². The van der Waals surface area contributed by atoms with Crippen molar-refractivity contribution in [3.05, 3.63) is 33.2 Å². The summed E-state index contributed by atoms with van der Waals surface area (Å²) in [4.78, 5) is 14.1. The topological polar surface area (TPSA) is 69.2 Å². The van der Waals surface area contributed by atoms with E-state index in [0.717, 1.165) is 0 Å². The van der Waals surface area contributed by atoms with E-state index in [0.29, 0.717) is 11.4 Å². The predicted molar refractivity (Wildman–Crippen MR) is 50.4 cm³/mol. The fourth-order valence-electron chi connectivity index (χ4n) is 1.24. The molecule has 0 aliphatic heterocycles. The highest BCUT2D eigenvalue weighted by Gasteiger charge is 2.21. The van der Waals surface area contributed by atoms with E-state index in [-0.39, 0.29) is 16.3 Å². The molecule has 0 N–H and O–H groups in total. The standard InChI is InChI=1S/C8H5ClN2O3/c1-4-10-6-3-2-5(9)7(11(12)13)8(6)14-4/h2-3H,1H3. The summed E-state index contributed by atoms with van der Waals surface area (Å²) in [5.41, 5.74) is 0.336. The summed E-state index contributed by atoms with van der Waals surface area (Å²) in [5.74, 6) is 0.380. The summed E-state index contributed by atoms with van der Waals surface area (Å²) in [7, 11) is 0. The maximum atomic E-state index is 10.7. The van der Waals surface area contributed by atoms with Crippen LogP contribution in [0.15, 0.2) is 16.5 Å². The van der Waals surface area contributed by atoms with E-state index >= 15 is 0 Å². The third kappa shape index (κ3) is 1.22. The lowest BCUT2D eigenvalue weighted by Crippen LogP contribution is -1.89. The molecular weight excluding hydrogens is 208 g/mol. The van der Waals surface area contributed by atoms with Crippen LogP contribution >= 0.6 is 11.6 Å². The number of hydrogen-bond acceptors (Lipinski definition) is 4. The maximum Gasteiger partial charge on any atom is 0.332 e. The van der Waals surface area contributed by atoms with Crippen molar-refractivity contribution in [1.82, 2.24) is 4.98 Å². The van der Waals surface area contributed by atoms with Gasteiger partial charge in [-0.05, 0) is 12.1 Å². The molecule has 14 heavy (non-hydrogen) atoms. The van der Waals surface area contributed by atoms with Gasteiger partial charge in [0.2, 0.25) is 5.58 Å². The van der Waals surface area contributed by atoms with Crippen LogP contribution in [-0.2, 0) is 0 Å². The van der Waals surface area contributed by atoms with Crippen molar-refractivity contribution < 1.29 is 9.34 Å². The number of nitro benzene ring substituents is 1. The maximum absolute atomic E-state index is 10.7. The molecule has 0 atom stereocenters. The average molecular weight is 213 g/mol. The Bertz CT molecular complexity index is 521. The number of nitrogens with zero attached hydrogens (tertiary/aromatic N) is 2. The molecule has 1 aromatic heterocycles. The van der Waals surface area contributed by atoms with Crippen molar-refractivity contribution in [2.75, 3.05) is 0 Å². The van der Waals surface area contributed by atoms with Crippen molar-refractivity contribution in [3.63, 3.8) is 0 Å². The van der Waals surface area contributed by atoms with Crippen LogP contribution in [0.5, 0.6) is 0 Å². The SMILES string of the molecule is Cc1nc2ccc(Cl)c([N+](=O)[O-])c2o1. The van der Waals surface area contributed by atoms with Crippen LogP contribution in [0.2, 0.25) is 5.02 Å². The lowest BCUT2D eigenvalue weighted by molar-refractivity contribution is -0.383. The Kier molecular flexibility index (Phi) is 1.89. The number of aryl methyl sites for hydroxylation is 1. The third-order valence-corrected chi connectivity index (χ3v) is 2.08. The van der Waals surface area contributed by atoms with Gasteiger partial charge in [0.25, 0.3) is 0 Å². The Morgan fingerprint density at radius 1 is 1.57 bits per heavy atom. The summed E-state index contributed by atoms with van der Waals surface area (Å²) in [6.07, 6.45) is 0. The van der Waals surface area contributed by atoms with Gasteiger partial charge in [-0.3, -0.25) is 10.1 Å². The molecule has 2 aromatic rings. The first kappa shape index (κ1) is 8.96. The Morgan fingerprint density at radius 2 is 2.29 bits per heavy atom. The fraction of sp³-hybridized carbons (Fsp3) is 0.125. The van der Waals surface area contributed by atoms with Crippen LogP contribution < -0.4 is 0 Å². The molecule has 0 saturated heterocycles. The van der Waals surface area contributed by atoms with E-state index in [1.54, 1.807) is 13.0 Å². The molecule has 0 aliphatic rings. The number of fused-ring (bicyclic) bond motifs is 1. The van der Waals surface area contributed by atoms with E-state index in [2.05, 4.69) is 4.98 Å². The Hall–Kier alpha value is -1.62. The van der Waals surface area contributed by atoms with Gasteiger partial charge in [-0.15, -0.1) is 0 Å². The van der Waals surface area contributed by atoms with E-state index in [9.17, 15) is 10.1 Å². The first-order valence-corrected chi connectivity index (χ1v) is 4.17. The molecule has 6 heteroatoms. The number of halogens is 1. The van der Waals surface area contributed by atoms with Crippen molar-refractivity contribution >= 4 is 28.4 Å². The minimum Gasteiger partial charge on any atom is -0.434 e. The van der Waals surface area contributed by atoms with Crippen molar-refractivity contribution in [2.24, 2.45) is 0 Å². The van der Waals surface area contributed by atoms with Gasteiger partial charge in [0.15, 0.2) is 5.89 Å². The van der Waals surface area contributed by atoms with Crippen LogP contribution in [0.3, 0.4) is 0 Å². The molecule has 72 valence electrons. The summed E-state index contributed by atoms with van der Waals surface area (Å²) in [6, 6.07) is 3.02. The molecule has 0 spiro atoms. The number of rotatable bonds is 1. The monoisotopic (exact) mass is 212 g/mol. The Morgan fingerprint density at radius 3 is 2.93 bits per heavy atom. The quantitative estimate of drug-likeness (QED) is 0.538. The first-order valence-electron chi connectivity index (χ1n) is 3.79. The number of benzene rings is 1. The van der Waals surface area contributed by atoms with Crippen LogP contribution in [0, 0.1) is 17.0 Å². The molecule has 0 amide bonds. The van der Waals surface area contributed by atoms with E-state index in [1.165, 1.54) is 6.07 Å². The average Bonchev–Trinajstić information content (AvgIpc) is 2.43. The largest absolute Gasteiger partial charge is 0.434 e. The van der Waals surface area contributed by atoms with Crippen molar-refractivity contribution in [3.8, 4) is 0 Å². The van der Waals surface area contributed by atoms with Gasteiger partial charge in [0, 0.05) is 6.92 Å². The zero-order chi connectivity index (χ0) is 10.3. The van der Waals surface area contributed by atoms with Crippen LogP contribution in [0.4, 0.5) is 5.69 Å². The molecule has 0 bridgehead atoms. The number of oxazole rings is 1. The van der Waals surface area contributed by atoms with E-state index in [1.807, 2.05) is 0 Å². The molecular formula is C8H5ClN2O3. The second-order valence-electron chi connectivity index (χ2n) is 2.73. The molecule has 0 aliphatic carbocycles. The summed E-state index contributed by atoms with van der Waals surface area (Å²) < 4.78 is 5.10. The number of aromatic nitrogens is 1. The van der Waals surface area contributed by atoms with Gasteiger partial charge in [-0.1, -0.05) is 11.6 Å². The molecule has 1 aromatic carbocycles. The van der Waals surface area contributed by atoms with Gasteiger partial charge in [0.1, 0.15) is 10.5 Å². The van der Waals surface area contributed by atoms with Crippen LogP contribution in [0.1, 0.15) is 5.89 Å². The molecule has 0 saturated carbocycles. The molecule has 0 fully saturated rings. The van der Waals surface area contributed by atoms with Crippen molar-refractivity contribution in [1.29, 1.82) is 0 Å². The summed E-state index contributed by atoms with van der Waals surface area (Å²) >= 11 is 5.68. The zero-order valence-electron chi connectivity index (χ0n) is 7.15. The Balaban J connectivity index is 2.88. The normalized spacial score (nSPS) is 10.7. The second-order valence-corrected chi connectivity index (χ2v) is 3.14. The molecule has 0 unspecified atom stereocenters. The second kappa shape index (κ2) is 2.95. The molecule has 1 heterocycles. The molecule has 2 rings (SSSR count). The first-order chi connectivity index (χ1) is 6.59. The van der Waals surface area contributed by atoms with Gasteiger partial charge in [0.05, 0.1) is 4.92 Å². The minimum absolute atomic E-state index is 0.0543. The van der Waals surface area contributed by atoms with Gasteiger partial charge in [-0.2, -0.15) is 0 Å². The highest BCUT2D eigenvalue weighted by molar-refractivity contribution is 6.33. The van der Waals surface area contributed by atoms with Crippen molar-refractivity contribution in [2.45, 2.75) is 6.92 Å². The van der Waals surface area contributed by atoms with Gasteiger partial charge >= 0.3 is 5.69 Å². The lowest BCUT2D eigenvalue weighted by Gasteiger charge is -1.93. The van der Waals surface area contributed by atoms with E-state index < -0.39 is 4.92 Å². The molecule has 5 nitrogen and oxygen atoms in total. The zero-order valence-corrected chi connectivity index (χ0v) is 7.91. The minimum atomic E-state index is -0.574. The fourth-order valence-corrected chi connectivity index (χ4v) is 1.45. The predicted octanol–water partition coefficient (Wildman–Crippen LogP) is 2.70. The Labute approximate surface area is 83.4 Å². The highest BCUT2D eigenvalue weighted by Crippen LogP contribution is 2.33.